The summed E-state index contributed by atoms with van der Waals surface area (Å²) in [5, 5.41) is 0. The van der Waals surface area contributed by atoms with Crippen LogP contribution in [0, 0.1) is 0 Å². The van der Waals surface area contributed by atoms with Crippen molar-refractivity contribution < 1.29 is 8.42 Å². The summed E-state index contributed by atoms with van der Waals surface area (Å²) in [6.07, 6.45) is 2.39. The van der Waals surface area contributed by atoms with Crippen molar-refractivity contribution in [2.24, 2.45) is 0 Å². The molecule has 0 saturated carbocycles. The van der Waals surface area contributed by atoms with Crippen molar-refractivity contribution in [1.82, 2.24) is 4.90 Å². The molecule has 1 saturated heterocycles. The van der Waals surface area contributed by atoms with E-state index in [1.165, 1.54) is 6.26 Å². The van der Waals surface area contributed by atoms with E-state index in [1.54, 1.807) is 0 Å². The van der Waals surface area contributed by atoms with Crippen LogP contribution in [-0.2, 0) is 9.84 Å². The average molecular weight is 284 g/mol. The van der Waals surface area contributed by atoms with E-state index < -0.39 is 9.84 Å². The molecule has 1 fully saturated rings. The van der Waals surface area contributed by atoms with Crippen LogP contribution < -0.4 is 0 Å². The molecule has 1 rings (SSSR count). The van der Waals surface area contributed by atoms with E-state index in [0.717, 1.165) is 13.0 Å². The smallest absolute Gasteiger partial charge is 0.148 e. The molecule has 0 amide bonds. The summed E-state index contributed by atoms with van der Waals surface area (Å²) in [6, 6.07) is 0. The molecule has 1 unspecified atom stereocenters. The maximum absolute atomic E-state index is 11.0. The van der Waals surface area contributed by atoms with E-state index in [1.807, 2.05) is 0 Å². The highest BCUT2D eigenvalue weighted by Crippen LogP contribution is 2.33. The minimum absolute atomic E-state index is 0.0741. The van der Waals surface area contributed by atoms with E-state index in [9.17, 15) is 8.42 Å². The van der Waals surface area contributed by atoms with Crippen molar-refractivity contribution in [3.05, 3.63) is 0 Å². The van der Waals surface area contributed by atoms with Gasteiger partial charge in [0.1, 0.15) is 9.84 Å². The Morgan fingerprint density at radius 2 is 2.07 bits per heavy atom. The molecule has 1 aliphatic heterocycles. The zero-order valence-electron chi connectivity index (χ0n) is 8.96. The van der Waals surface area contributed by atoms with E-state index in [0.29, 0.717) is 11.4 Å². The second kappa shape index (κ2) is 4.10. The normalized spacial score (nSPS) is 28.1. The summed E-state index contributed by atoms with van der Waals surface area (Å²) in [7, 11) is -2.84. The Kier molecular flexibility index (Phi) is 3.65. The highest BCUT2D eigenvalue weighted by molar-refractivity contribution is 9.09. The van der Waals surface area contributed by atoms with Crippen LogP contribution >= 0.6 is 15.9 Å². The van der Waals surface area contributed by atoms with Gasteiger partial charge in [0.25, 0.3) is 0 Å². The fourth-order valence-corrected chi connectivity index (χ4v) is 2.83. The van der Waals surface area contributed by atoms with Gasteiger partial charge >= 0.3 is 0 Å². The third-order valence-electron chi connectivity index (χ3n) is 2.97. The molecule has 0 spiro atoms. The lowest BCUT2D eigenvalue weighted by Gasteiger charge is -2.33. The standard InChI is InChI=1S/C9H18BrNO2S/c1-9(2)8(10)4-5-11(9)6-7-14(3,12)13/h8H,4-7H2,1-3H3. The van der Waals surface area contributed by atoms with Crippen molar-refractivity contribution in [3.63, 3.8) is 0 Å². The Bertz CT molecular complexity index is 300. The van der Waals surface area contributed by atoms with Gasteiger partial charge in [-0.2, -0.15) is 0 Å². The molecular weight excluding hydrogens is 266 g/mol. The number of alkyl halides is 1. The van der Waals surface area contributed by atoms with Gasteiger partial charge in [-0.25, -0.2) is 8.42 Å². The fourth-order valence-electron chi connectivity index (χ4n) is 1.78. The Hall–Kier alpha value is 0.390. The summed E-state index contributed by atoms with van der Waals surface area (Å²) >= 11 is 3.63. The van der Waals surface area contributed by atoms with Crippen LogP contribution in [0.1, 0.15) is 20.3 Å². The SMILES string of the molecule is CC1(C)C(Br)CCN1CCS(C)(=O)=O. The van der Waals surface area contributed by atoms with Crippen LogP contribution in [-0.4, -0.2) is 48.8 Å². The molecule has 5 heteroatoms. The first-order valence-corrected chi connectivity index (χ1v) is 7.78. The molecule has 1 aliphatic rings. The lowest BCUT2D eigenvalue weighted by molar-refractivity contribution is 0.190. The number of likely N-dealkylation sites (tertiary alicyclic amines) is 1. The molecule has 0 aromatic carbocycles. The number of sulfone groups is 1. The predicted octanol–water partition coefficient (Wildman–Crippen LogP) is 1.28. The fraction of sp³-hybridized carbons (Fsp3) is 1.00. The van der Waals surface area contributed by atoms with Crippen LogP contribution in [0.25, 0.3) is 0 Å². The molecule has 0 aliphatic carbocycles. The zero-order chi connectivity index (χ0) is 11.0. The number of hydrogen-bond donors (Lipinski definition) is 0. The first-order valence-electron chi connectivity index (χ1n) is 4.80. The van der Waals surface area contributed by atoms with Gasteiger partial charge in [-0.1, -0.05) is 15.9 Å². The number of hydrogen-bond acceptors (Lipinski definition) is 3. The second-order valence-electron chi connectivity index (χ2n) is 4.53. The van der Waals surface area contributed by atoms with Crippen LogP contribution in [0.15, 0.2) is 0 Å². The van der Waals surface area contributed by atoms with Crippen LogP contribution in [0.5, 0.6) is 0 Å². The first-order chi connectivity index (χ1) is 6.23. The average Bonchev–Trinajstić information content (AvgIpc) is 2.23. The van der Waals surface area contributed by atoms with Gasteiger partial charge < -0.3 is 0 Å². The van der Waals surface area contributed by atoms with Gasteiger partial charge in [0.05, 0.1) is 5.75 Å². The summed E-state index contributed by atoms with van der Waals surface area (Å²) in [5.74, 6) is 0.260. The van der Waals surface area contributed by atoms with E-state index in [4.69, 9.17) is 0 Å². The summed E-state index contributed by atoms with van der Waals surface area (Å²) in [6.45, 7) is 5.94. The maximum Gasteiger partial charge on any atom is 0.148 e. The van der Waals surface area contributed by atoms with Gasteiger partial charge in [0.15, 0.2) is 0 Å². The maximum atomic E-state index is 11.0. The molecule has 1 heterocycles. The third-order valence-corrected chi connectivity index (χ3v) is 5.47. The minimum Gasteiger partial charge on any atom is -0.296 e. The predicted molar refractivity (Wildman–Crippen MR) is 62.7 cm³/mol. The summed E-state index contributed by atoms with van der Waals surface area (Å²) in [4.78, 5) is 2.71. The van der Waals surface area contributed by atoms with Gasteiger partial charge in [0.2, 0.25) is 0 Å². The van der Waals surface area contributed by atoms with Crippen molar-refractivity contribution in [3.8, 4) is 0 Å². The third kappa shape index (κ3) is 2.94. The molecule has 84 valence electrons. The number of halogens is 1. The van der Waals surface area contributed by atoms with Crippen molar-refractivity contribution in [2.45, 2.75) is 30.6 Å². The van der Waals surface area contributed by atoms with E-state index in [-0.39, 0.29) is 11.3 Å². The quantitative estimate of drug-likeness (QED) is 0.733. The highest BCUT2D eigenvalue weighted by Gasteiger charge is 2.39. The molecule has 14 heavy (non-hydrogen) atoms. The zero-order valence-corrected chi connectivity index (χ0v) is 11.4. The van der Waals surface area contributed by atoms with E-state index in [2.05, 4.69) is 34.7 Å². The Labute approximate surface area is 94.9 Å². The van der Waals surface area contributed by atoms with Gasteiger partial charge in [-0.3, -0.25) is 4.90 Å². The van der Waals surface area contributed by atoms with Gasteiger partial charge in [-0.05, 0) is 26.8 Å². The molecule has 1 atom stereocenters. The summed E-state index contributed by atoms with van der Waals surface area (Å²) < 4.78 is 22.1. The molecule has 0 aromatic rings. The largest absolute Gasteiger partial charge is 0.296 e. The molecule has 0 bridgehead atoms. The topological polar surface area (TPSA) is 37.4 Å². The summed E-state index contributed by atoms with van der Waals surface area (Å²) in [5.41, 5.74) is 0.0741. The molecular formula is C9H18BrNO2S. The molecule has 0 N–H and O–H groups in total. The molecule has 3 nitrogen and oxygen atoms in total. The Morgan fingerprint density at radius 3 is 2.43 bits per heavy atom. The lowest BCUT2D eigenvalue weighted by atomic mass is 10.0. The van der Waals surface area contributed by atoms with Crippen molar-refractivity contribution >= 4 is 25.8 Å². The Balaban J connectivity index is 2.55. The van der Waals surface area contributed by atoms with Crippen LogP contribution in [0.2, 0.25) is 0 Å². The molecule has 0 radical (unpaired) electrons. The number of nitrogens with zero attached hydrogens (tertiary/aromatic N) is 1. The van der Waals surface area contributed by atoms with Crippen molar-refractivity contribution in [2.75, 3.05) is 25.1 Å². The minimum atomic E-state index is -2.84. The van der Waals surface area contributed by atoms with Gasteiger partial charge in [0, 0.05) is 23.2 Å². The monoisotopic (exact) mass is 283 g/mol. The Morgan fingerprint density at radius 1 is 1.50 bits per heavy atom. The number of rotatable bonds is 3. The second-order valence-corrected chi connectivity index (χ2v) is 7.89. The molecule has 0 aromatic heterocycles. The lowest BCUT2D eigenvalue weighted by Crippen LogP contribution is -2.44. The highest BCUT2D eigenvalue weighted by atomic mass is 79.9. The van der Waals surface area contributed by atoms with Crippen LogP contribution in [0.3, 0.4) is 0 Å². The van der Waals surface area contributed by atoms with E-state index >= 15 is 0 Å². The van der Waals surface area contributed by atoms with Crippen molar-refractivity contribution in [1.29, 1.82) is 0 Å². The van der Waals surface area contributed by atoms with Crippen LogP contribution in [0.4, 0.5) is 0 Å². The first kappa shape index (κ1) is 12.5. The van der Waals surface area contributed by atoms with Gasteiger partial charge in [-0.15, -0.1) is 0 Å².